The Bertz CT molecular complexity index is 709. The number of esters is 1. The van der Waals surface area contributed by atoms with Gasteiger partial charge in [-0.1, -0.05) is 44.8 Å². The van der Waals surface area contributed by atoms with Crippen molar-refractivity contribution in [2.75, 3.05) is 19.8 Å². The molecule has 1 aromatic rings. The van der Waals surface area contributed by atoms with Crippen LogP contribution in [0.1, 0.15) is 71.2 Å². The summed E-state index contributed by atoms with van der Waals surface area (Å²) >= 11 is 0. The molecular formula is C25H41BN2O5P. The first-order valence-corrected chi connectivity index (χ1v) is 13.4. The Morgan fingerprint density at radius 2 is 1.76 bits per heavy atom. The average molecular weight is 491 g/mol. The van der Waals surface area contributed by atoms with Gasteiger partial charge in [-0.3, -0.25) is 0 Å². The largest absolute Gasteiger partial charge is 0.460 e. The molecule has 1 radical (unpaired) electrons. The molecule has 0 aromatic heterocycles. The number of hydrogen-bond donors (Lipinski definition) is 0. The van der Waals surface area contributed by atoms with Crippen LogP contribution in [0.25, 0.3) is 0 Å². The van der Waals surface area contributed by atoms with Crippen LogP contribution in [0.5, 0.6) is 0 Å². The lowest BCUT2D eigenvalue weighted by Crippen LogP contribution is -2.36. The molecule has 0 fully saturated rings. The highest BCUT2D eigenvalue weighted by molar-refractivity contribution is 7.44. The molecule has 0 bridgehead atoms. The summed E-state index contributed by atoms with van der Waals surface area (Å²) < 4.78 is 26.2. The maximum absolute atomic E-state index is 12.4. The lowest BCUT2D eigenvalue weighted by molar-refractivity contribution is -0.0324. The minimum absolute atomic E-state index is 0.155. The van der Waals surface area contributed by atoms with Gasteiger partial charge in [0.25, 0.3) is 8.53 Å². The van der Waals surface area contributed by atoms with Gasteiger partial charge in [-0.25, -0.2) is 9.46 Å². The third-order valence-corrected chi connectivity index (χ3v) is 7.04. The van der Waals surface area contributed by atoms with Crippen LogP contribution in [0.15, 0.2) is 30.3 Å². The molecule has 7 nitrogen and oxygen atoms in total. The van der Waals surface area contributed by atoms with E-state index in [-0.39, 0.29) is 36.8 Å². The van der Waals surface area contributed by atoms with Crippen molar-refractivity contribution in [2.45, 2.75) is 91.3 Å². The SMILES string of the molecule is CCC[B][C@@H](COC(=O)c1ccccc1)O[C@H](CC)COP(OCCC#N)N(C(C)C)C(C)C. The highest BCUT2D eigenvalue weighted by atomic mass is 31.2. The minimum atomic E-state index is -1.33. The first kappa shape index (κ1) is 30.5. The smallest absolute Gasteiger partial charge is 0.338 e. The first-order chi connectivity index (χ1) is 16.3. The van der Waals surface area contributed by atoms with Gasteiger partial charge in [-0.05, 0) is 46.2 Å². The van der Waals surface area contributed by atoms with Gasteiger partial charge in [0.05, 0.1) is 43.4 Å². The third kappa shape index (κ3) is 11.8. The fourth-order valence-corrected chi connectivity index (χ4v) is 4.93. The number of carbonyl (C=O) groups is 1. The van der Waals surface area contributed by atoms with Crippen LogP contribution in [0.4, 0.5) is 0 Å². The summed E-state index contributed by atoms with van der Waals surface area (Å²) in [6, 6.07) is 11.2. The summed E-state index contributed by atoms with van der Waals surface area (Å²) in [5.41, 5.74) is 0.523. The molecule has 189 valence electrons. The Hall–Kier alpha value is -1.49. The number of nitriles is 1. The summed E-state index contributed by atoms with van der Waals surface area (Å²) in [6.45, 7) is 13.4. The molecule has 0 N–H and O–H groups in total. The van der Waals surface area contributed by atoms with Crippen molar-refractivity contribution in [3.05, 3.63) is 35.9 Å². The predicted octanol–water partition coefficient (Wildman–Crippen LogP) is 5.79. The van der Waals surface area contributed by atoms with E-state index >= 15 is 0 Å². The maximum atomic E-state index is 12.4. The molecule has 34 heavy (non-hydrogen) atoms. The van der Waals surface area contributed by atoms with Gasteiger partial charge >= 0.3 is 5.97 Å². The van der Waals surface area contributed by atoms with Crippen molar-refractivity contribution in [2.24, 2.45) is 0 Å². The molecule has 0 aliphatic carbocycles. The van der Waals surface area contributed by atoms with E-state index in [0.717, 1.165) is 19.2 Å². The molecule has 0 amide bonds. The van der Waals surface area contributed by atoms with Gasteiger partial charge < -0.3 is 18.5 Å². The summed E-state index contributed by atoms with van der Waals surface area (Å²) in [7, 11) is 0.727. The molecule has 0 spiro atoms. The molecule has 0 aliphatic rings. The topological polar surface area (TPSA) is 81.0 Å². The van der Waals surface area contributed by atoms with Crippen molar-refractivity contribution in [3.63, 3.8) is 0 Å². The predicted molar refractivity (Wildman–Crippen MR) is 138 cm³/mol. The number of carbonyl (C=O) groups excluding carboxylic acids is 1. The molecule has 1 unspecified atom stereocenters. The number of hydrogen-bond acceptors (Lipinski definition) is 7. The quantitative estimate of drug-likeness (QED) is 0.111. The second-order valence-electron chi connectivity index (χ2n) is 8.54. The number of benzene rings is 1. The van der Waals surface area contributed by atoms with Gasteiger partial charge in [0.15, 0.2) is 7.28 Å². The van der Waals surface area contributed by atoms with E-state index in [1.54, 1.807) is 12.1 Å². The Balaban J connectivity index is 2.76. The van der Waals surface area contributed by atoms with Crippen LogP contribution < -0.4 is 0 Å². The molecule has 0 saturated heterocycles. The number of rotatable bonds is 18. The Kier molecular flexibility index (Phi) is 16.1. The van der Waals surface area contributed by atoms with Crippen LogP contribution >= 0.6 is 8.53 Å². The van der Waals surface area contributed by atoms with Crippen LogP contribution in [0.2, 0.25) is 6.32 Å². The highest BCUT2D eigenvalue weighted by Gasteiger charge is 2.28. The van der Waals surface area contributed by atoms with Crippen molar-refractivity contribution in [1.82, 2.24) is 4.67 Å². The van der Waals surface area contributed by atoms with Crippen LogP contribution in [-0.4, -0.2) is 61.9 Å². The molecular weight excluding hydrogens is 450 g/mol. The summed E-state index contributed by atoms with van der Waals surface area (Å²) in [4.78, 5) is 12.4. The van der Waals surface area contributed by atoms with Crippen molar-refractivity contribution >= 4 is 21.8 Å². The Labute approximate surface area is 208 Å². The van der Waals surface area contributed by atoms with E-state index in [2.05, 4.69) is 52.6 Å². The zero-order valence-corrected chi connectivity index (χ0v) is 22.5. The molecule has 1 aromatic carbocycles. The van der Waals surface area contributed by atoms with E-state index in [4.69, 9.17) is 23.8 Å². The van der Waals surface area contributed by atoms with Crippen LogP contribution in [-0.2, 0) is 18.5 Å². The Morgan fingerprint density at radius 1 is 1.09 bits per heavy atom. The van der Waals surface area contributed by atoms with Gasteiger partial charge in [-0.15, -0.1) is 0 Å². The van der Waals surface area contributed by atoms with E-state index in [9.17, 15) is 4.79 Å². The lowest BCUT2D eigenvalue weighted by Gasteiger charge is -2.36. The monoisotopic (exact) mass is 491 g/mol. The van der Waals surface area contributed by atoms with Crippen molar-refractivity contribution in [1.29, 1.82) is 5.26 Å². The summed E-state index contributed by atoms with van der Waals surface area (Å²) in [6.07, 6.45) is 2.73. The van der Waals surface area contributed by atoms with E-state index in [0.29, 0.717) is 25.2 Å². The van der Waals surface area contributed by atoms with Gasteiger partial charge in [0.1, 0.15) is 6.61 Å². The van der Waals surface area contributed by atoms with Crippen LogP contribution in [0.3, 0.4) is 0 Å². The summed E-state index contributed by atoms with van der Waals surface area (Å²) in [5, 5.41) is 8.89. The second kappa shape index (κ2) is 17.9. The first-order valence-electron chi connectivity index (χ1n) is 12.3. The standard InChI is InChI=1S/C25H41BN2O5P/c1-7-15-26-24(19-30-25(29)22-13-10-9-11-14-22)33-23(8-2)18-32-34(31-17-12-16-27)28(20(3)4)21(5)6/h9-11,13-14,20-21,23-24H,7-8,12,15,17-19H2,1-6H3/t23-,24-,34?/m1/s1. The lowest BCUT2D eigenvalue weighted by atomic mass is 9.67. The van der Waals surface area contributed by atoms with E-state index in [1.807, 2.05) is 25.1 Å². The third-order valence-electron chi connectivity index (χ3n) is 4.96. The van der Waals surface area contributed by atoms with E-state index < -0.39 is 8.53 Å². The molecule has 9 heteroatoms. The molecule has 0 heterocycles. The highest BCUT2D eigenvalue weighted by Crippen LogP contribution is 2.46. The zero-order valence-electron chi connectivity index (χ0n) is 21.6. The zero-order chi connectivity index (χ0) is 25.3. The van der Waals surface area contributed by atoms with Gasteiger partial charge in [0.2, 0.25) is 0 Å². The molecule has 3 atom stereocenters. The van der Waals surface area contributed by atoms with Gasteiger partial charge in [-0.2, -0.15) is 5.26 Å². The molecule has 1 rings (SSSR count). The van der Waals surface area contributed by atoms with Crippen molar-refractivity contribution < 1.29 is 23.3 Å². The van der Waals surface area contributed by atoms with E-state index in [1.165, 1.54) is 0 Å². The second-order valence-corrected chi connectivity index (χ2v) is 9.99. The number of ether oxygens (including phenoxy) is 2. The average Bonchev–Trinajstić information content (AvgIpc) is 2.82. The van der Waals surface area contributed by atoms with Crippen LogP contribution in [0, 0.1) is 11.3 Å². The fourth-order valence-electron chi connectivity index (χ4n) is 3.29. The minimum Gasteiger partial charge on any atom is -0.460 e. The van der Waals surface area contributed by atoms with Crippen molar-refractivity contribution in [3.8, 4) is 6.07 Å². The molecule has 0 aliphatic heterocycles. The molecule has 0 saturated carbocycles. The maximum Gasteiger partial charge on any atom is 0.338 e. The normalized spacial score (nSPS) is 14.1. The fraction of sp³-hybridized carbons (Fsp3) is 0.680. The Morgan fingerprint density at radius 3 is 2.32 bits per heavy atom. The summed E-state index contributed by atoms with van der Waals surface area (Å²) in [5.74, 6) is -0.359. The van der Waals surface area contributed by atoms with Gasteiger partial charge in [0, 0.05) is 12.1 Å². The number of nitrogens with zero attached hydrogens (tertiary/aromatic N) is 2.